The predicted molar refractivity (Wildman–Crippen MR) is 74.3 cm³/mol. The van der Waals surface area contributed by atoms with Crippen LogP contribution in [0.25, 0.3) is 0 Å². The molecule has 102 valence electrons. The Labute approximate surface area is 108 Å². The van der Waals surface area contributed by atoms with Crippen LogP contribution in [0.3, 0.4) is 0 Å². The molecule has 0 aliphatic heterocycles. The van der Waals surface area contributed by atoms with Gasteiger partial charge in [0.25, 0.3) is 0 Å². The third kappa shape index (κ3) is 5.87. The Bertz CT molecular complexity index is 185. The molecule has 0 heterocycles. The molecule has 1 aliphatic carbocycles. The molecule has 0 atom stereocenters. The van der Waals surface area contributed by atoms with E-state index in [-0.39, 0.29) is 0 Å². The molecule has 0 aromatic rings. The maximum Gasteiger partial charge on any atom is 0.0471 e. The molecule has 0 spiro atoms. The van der Waals surface area contributed by atoms with Gasteiger partial charge in [-0.15, -0.1) is 0 Å². The van der Waals surface area contributed by atoms with Crippen molar-refractivity contribution in [2.45, 2.75) is 59.3 Å². The molecular weight excluding hydrogens is 210 g/mol. The van der Waals surface area contributed by atoms with Crippen LogP contribution in [0.4, 0.5) is 0 Å². The first-order valence-electron chi connectivity index (χ1n) is 7.47. The van der Waals surface area contributed by atoms with Crippen LogP contribution in [0, 0.1) is 11.3 Å². The highest BCUT2D eigenvalue weighted by molar-refractivity contribution is 4.85. The fraction of sp³-hybridized carbons (Fsp3) is 1.00. The zero-order chi connectivity index (χ0) is 12.6. The van der Waals surface area contributed by atoms with Crippen molar-refractivity contribution in [2.24, 2.45) is 11.3 Å². The highest BCUT2D eigenvalue weighted by Gasteiger charge is 2.31. The van der Waals surface area contributed by atoms with Gasteiger partial charge in [0.2, 0.25) is 0 Å². The predicted octanol–water partition coefficient (Wildman–Crippen LogP) is 3.61. The molecule has 0 bridgehead atoms. The molecule has 0 amide bonds. The van der Waals surface area contributed by atoms with Gasteiger partial charge in [-0.05, 0) is 44.1 Å². The summed E-state index contributed by atoms with van der Waals surface area (Å²) >= 11 is 0. The first-order chi connectivity index (χ1) is 8.18. The van der Waals surface area contributed by atoms with Gasteiger partial charge in [-0.1, -0.05) is 33.1 Å². The van der Waals surface area contributed by atoms with E-state index in [4.69, 9.17) is 4.74 Å². The normalized spacial score (nSPS) is 19.8. The average Bonchev–Trinajstić information content (AvgIpc) is 2.30. The third-order valence-corrected chi connectivity index (χ3v) is 3.95. The molecular formula is C15H31NO. The van der Waals surface area contributed by atoms with Crippen molar-refractivity contribution in [3.05, 3.63) is 0 Å². The zero-order valence-corrected chi connectivity index (χ0v) is 12.1. The summed E-state index contributed by atoms with van der Waals surface area (Å²) in [5.41, 5.74) is 0.530. The summed E-state index contributed by atoms with van der Waals surface area (Å²) in [6, 6.07) is 0. The molecule has 1 aliphatic rings. The second-order valence-corrected chi connectivity index (χ2v) is 6.03. The summed E-state index contributed by atoms with van der Waals surface area (Å²) in [5.74, 6) is 0.752. The Morgan fingerprint density at radius 2 is 1.88 bits per heavy atom. The fourth-order valence-corrected chi connectivity index (χ4v) is 2.88. The molecule has 1 saturated carbocycles. The molecule has 1 rings (SSSR count). The maximum absolute atomic E-state index is 5.56. The van der Waals surface area contributed by atoms with Crippen molar-refractivity contribution in [3.63, 3.8) is 0 Å². The van der Waals surface area contributed by atoms with E-state index in [2.05, 4.69) is 26.1 Å². The Morgan fingerprint density at radius 1 is 1.18 bits per heavy atom. The van der Waals surface area contributed by atoms with E-state index in [0.717, 1.165) is 25.7 Å². The molecule has 17 heavy (non-hydrogen) atoms. The lowest BCUT2D eigenvalue weighted by Gasteiger charge is -2.38. The van der Waals surface area contributed by atoms with Crippen LogP contribution in [0.5, 0.6) is 0 Å². The summed E-state index contributed by atoms with van der Waals surface area (Å²) in [7, 11) is 0. The molecule has 0 unspecified atom stereocenters. The number of rotatable bonds is 8. The van der Waals surface area contributed by atoms with Gasteiger partial charge in [0.05, 0.1) is 0 Å². The van der Waals surface area contributed by atoms with Crippen molar-refractivity contribution in [3.8, 4) is 0 Å². The quantitative estimate of drug-likeness (QED) is 0.656. The van der Waals surface area contributed by atoms with E-state index < -0.39 is 0 Å². The van der Waals surface area contributed by atoms with Crippen LogP contribution in [-0.2, 0) is 4.74 Å². The summed E-state index contributed by atoms with van der Waals surface area (Å²) in [4.78, 5) is 0. The third-order valence-electron chi connectivity index (χ3n) is 3.95. The minimum atomic E-state index is 0.530. The molecule has 0 saturated heterocycles. The Kier molecular flexibility index (Phi) is 7.14. The molecule has 1 fully saturated rings. The van der Waals surface area contributed by atoms with Gasteiger partial charge in [-0.25, -0.2) is 0 Å². The zero-order valence-electron chi connectivity index (χ0n) is 12.1. The van der Waals surface area contributed by atoms with E-state index in [0.29, 0.717) is 5.41 Å². The van der Waals surface area contributed by atoms with Crippen LogP contribution in [0.2, 0.25) is 0 Å². The SMILES string of the molecule is CCOCCC1(CNCC(C)C)CCCCC1. The van der Waals surface area contributed by atoms with Gasteiger partial charge in [0, 0.05) is 19.8 Å². The second-order valence-electron chi connectivity index (χ2n) is 6.03. The number of ether oxygens (including phenoxy) is 1. The minimum absolute atomic E-state index is 0.530. The Balaban J connectivity index is 2.34. The first-order valence-corrected chi connectivity index (χ1v) is 7.47. The van der Waals surface area contributed by atoms with Crippen molar-refractivity contribution in [2.75, 3.05) is 26.3 Å². The highest BCUT2D eigenvalue weighted by Crippen LogP contribution is 2.38. The number of hydrogen-bond acceptors (Lipinski definition) is 2. The van der Waals surface area contributed by atoms with Crippen molar-refractivity contribution in [1.82, 2.24) is 5.32 Å². The lowest BCUT2D eigenvalue weighted by molar-refractivity contribution is 0.0789. The van der Waals surface area contributed by atoms with Crippen LogP contribution in [-0.4, -0.2) is 26.3 Å². The summed E-state index contributed by atoms with van der Waals surface area (Å²) in [5, 5.41) is 3.67. The molecule has 0 aromatic heterocycles. The smallest absolute Gasteiger partial charge is 0.0471 e. The highest BCUT2D eigenvalue weighted by atomic mass is 16.5. The van der Waals surface area contributed by atoms with Gasteiger partial charge in [-0.2, -0.15) is 0 Å². The van der Waals surface area contributed by atoms with E-state index in [1.807, 2.05) is 0 Å². The topological polar surface area (TPSA) is 21.3 Å². The van der Waals surface area contributed by atoms with Gasteiger partial charge < -0.3 is 10.1 Å². The number of hydrogen-bond donors (Lipinski definition) is 1. The van der Waals surface area contributed by atoms with Gasteiger partial charge in [0.1, 0.15) is 0 Å². The van der Waals surface area contributed by atoms with Gasteiger partial charge >= 0.3 is 0 Å². The van der Waals surface area contributed by atoms with Gasteiger partial charge in [-0.3, -0.25) is 0 Å². The molecule has 2 heteroatoms. The first kappa shape index (κ1) is 15.0. The average molecular weight is 241 g/mol. The lowest BCUT2D eigenvalue weighted by atomic mass is 9.72. The van der Waals surface area contributed by atoms with E-state index in [1.165, 1.54) is 45.1 Å². The van der Waals surface area contributed by atoms with E-state index in [1.54, 1.807) is 0 Å². The van der Waals surface area contributed by atoms with Crippen LogP contribution >= 0.6 is 0 Å². The number of nitrogens with one attached hydrogen (secondary N) is 1. The lowest BCUT2D eigenvalue weighted by Crippen LogP contribution is -2.38. The van der Waals surface area contributed by atoms with Gasteiger partial charge in [0.15, 0.2) is 0 Å². The van der Waals surface area contributed by atoms with Crippen LogP contribution in [0.15, 0.2) is 0 Å². The standard InChI is InChI=1S/C15H31NO/c1-4-17-11-10-15(8-6-5-7-9-15)13-16-12-14(2)3/h14,16H,4-13H2,1-3H3. The molecule has 0 radical (unpaired) electrons. The minimum Gasteiger partial charge on any atom is -0.382 e. The summed E-state index contributed by atoms with van der Waals surface area (Å²) < 4.78 is 5.56. The molecule has 0 aromatic carbocycles. The Hall–Kier alpha value is -0.0800. The molecule has 2 nitrogen and oxygen atoms in total. The second kappa shape index (κ2) is 8.10. The van der Waals surface area contributed by atoms with E-state index in [9.17, 15) is 0 Å². The molecule has 1 N–H and O–H groups in total. The fourth-order valence-electron chi connectivity index (χ4n) is 2.88. The maximum atomic E-state index is 5.56. The Morgan fingerprint density at radius 3 is 2.47 bits per heavy atom. The van der Waals surface area contributed by atoms with Crippen molar-refractivity contribution < 1.29 is 4.74 Å². The van der Waals surface area contributed by atoms with E-state index >= 15 is 0 Å². The van der Waals surface area contributed by atoms with Crippen LogP contribution in [0.1, 0.15) is 59.3 Å². The van der Waals surface area contributed by atoms with Crippen molar-refractivity contribution in [1.29, 1.82) is 0 Å². The van der Waals surface area contributed by atoms with Crippen molar-refractivity contribution >= 4 is 0 Å². The summed E-state index contributed by atoms with van der Waals surface area (Å²) in [6.45, 7) is 10.8. The monoisotopic (exact) mass is 241 g/mol. The largest absolute Gasteiger partial charge is 0.382 e. The summed E-state index contributed by atoms with van der Waals surface area (Å²) in [6.07, 6.45) is 8.29. The van der Waals surface area contributed by atoms with Crippen LogP contribution < -0.4 is 5.32 Å².